The van der Waals surface area contributed by atoms with E-state index in [0.29, 0.717) is 13.2 Å². The molecular formula is C20H32N2O3. The molecule has 0 aromatic heterocycles. The Balaban J connectivity index is 2.08. The third-order valence-corrected chi connectivity index (χ3v) is 4.56. The summed E-state index contributed by atoms with van der Waals surface area (Å²) in [7, 11) is 1.65. The fraction of sp³-hybridized carbons (Fsp3) is 0.650. The van der Waals surface area contributed by atoms with Gasteiger partial charge in [0.25, 0.3) is 0 Å². The first-order valence-electron chi connectivity index (χ1n) is 9.48. The molecule has 0 spiro atoms. The number of methoxy groups -OCH3 is 1. The van der Waals surface area contributed by atoms with Gasteiger partial charge in [-0.2, -0.15) is 0 Å². The van der Waals surface area contributed by atoms with Crippen molar-refractivity contribution in [2.75, 3.05) is 33.4 Å². The molecule has 1 aliphatic heterocycles. The van der Waals surface area contributed by atoms with Gasteiger partial charge in [0.2, 0.25) is 5.91 Å². The Hall–Kier alpha value is -1.75. The Bertz CT molecular complexity index is 542. The van der Waals surface area contributed by atoms with Crippen molar-refractivity contribution in [1.29, 1.82) is 0 Å². The average Bonchev–Trinajstić information content (AvgIpc) is 2.66. The second-order valence-electron chi connectivity index (χ2n) is 6.62. The predicted molar refractivity (Wildman–Crippen MR) is 100 cm³/mol. The molecule has 5 heteroatoms. The number of carbonyl (C=O) groups is 1. The van der Waals surface area contributed by atoms with Gasteiger partial charge in [0, 0.05) is 19.0 Å². The van der Waals surface area contributed by atoms with Gasteiger partial charge in [-0.1, -0.05) is 19.9 Å². The van der Waals surface area contributed by atoms with Gasteiger partial charge >= 0.3 is 0 Å². The van der Waals surface area contributed by atoms with Crippen LogP contribution in [0.25, 0.3) is 0 Å². The van der Waals surface area contributed by atoms with Gasteiger partial charge in [-0.25, -0.2) is 0 Å². The molecule has 0 saturated carbocycles. The molecule has 0 atom stereocenters. The predicted octanol–water partition coefficient (Wildman–Crippen LogP) is 3.22. The molecule has 0 radical (unpaired) electrons. The van der Waals surface area contributed by atoms with Crippen LogP contribution in [0.4, 0.5) is 0 Å². The number of hydrogen-bond donors (Lipinski definition) is 1. The number of ether oxygens (including phenoxy) is 2. The highest BCUT2D eigenvalue weighted by atomic mass is 16.5. The Kier molecular flexibility index (Phi) is 8.06. The average molecular weight is 348 g/mol. The van der Waals surface area contributed by atoms with Crippen LogP contribution in [0.3, 0.4) is 0 Å². The summed E-state index contributed by atoms with van der Waals surface area (Å²) in [6.07, 6.45) is 3.80. The molecule has 1 fully saturated rings. The number of nitrogens with zero attached hydrogens (tertiary/aromatic N) is 1. The van der Waals surface area contributed by atoms with Gasteiger partial charge in [-0.05, 0) is 56.5 Å². The number of benzene rings is 1. The van der Waals surface area contributed by atoms with Crippen LogP contribution in [-0.2, 0) is 11.3 Å². The number of rotatable bonds is 9. The minimum Gasteiger partial charge on any atom is -0.493 e. The van der Waals surface area contributed by atoms with Gasteiger partial charge in [0.05, 0.1) is 13.7 Å². The summed E-state index contributed by atoms with van der Waals surface area (Å²) < 4.78 is 11.2. The van der Waals surface area contributed by atoms with E-state index in [2.05, 4.69) is 19.2 Å². The second kappa shape index (κ2) is 10.3. The molecule has 25 heavy (non-hydrogen) atoms. The van der Waals surface area contributed by atoms with Gasteiger partial charge in [-0.15, -0.1) is 0 Å². The monoisotopic (exact) mass is 348 g/mol. The van der Waals surface area contributed by atoms with Crippen molar-refractivity contribution in [3.05, 3.63) is 23.8 Å². The summed E-state index contributed by atoms with van der Waals surface area (Å²) in [6.45, 7) is 8.16. The maximum absolute atomic E-state index is 12.9. The Morgan fingerprint density at radius 1 is 1.20 bits per heavy atom. The number of amides is 1. The molecule has 1 aromatic carbocycles. The first kappa shape index (κ1) is 19.6. The summed E-state index contributed by atoms with van der Waals surface area (Å²) in [5, 5.41) is 3.33. The third kappa shape index (κ3) is 5.63. The molecule has 0 bridgehead atoms. The Labute approximate surface area is 151 Å². The number of hydrogen-bond acceptors (Lipinski definition) is 4. The standard InChI is InChI=1S/C20H32N2O3/c1-4-12-22(20(23)17-8-10-21-11-9-17)15-16-6-7-18(25-13-5-2)19(14-16)24-3/h6-7,14,17,21H,4-5,8-13,15H2,1-3H3. The molecule has 2 rings (SSSR count). The van der Waals surface area contributed by atoms with E-state index in [1.807, 2.05) is 23.1 Å². The second-order valence-corrected chi connectivity index (χ2v) is 6.62. The SMILES string of the molecule is CCCOc1ccc(CN(CCC)C(=O)C2CCNCC2)cc1OC. The van der Waals surface area contributed by atoms with E-state index >= 15 is 0 Å². The highest BCUT2D eigenvalue weighted by Crippen LogP contribution is 2.29. The summed E-state index contributed by atoms with van der Waals surface area (Å²) >= 11 is 0. The molecule has 0 aliphatic carbocycles. The summed E-state index contributed by atoms with van der Waals surface area (Å²) in [4.78, 5) is 14.9. The fourth-order valence-electron chi connectivity index (χ4n) is 3.23. The molecule has 1 heterocycles. The van der Waals surface area contributed by atoms with Crippen molar-refractivity contribution in [1.82, 2.24) is 10.2 Å². The lowest BCUT2D eigenvalue weighted by Crippen LogP contribution is -2.41. The lowest BCUT2D eigenvalue weighted by atomic mass is 9.96. The van der Waals surface area contributed by atoms with E-state index in [4.69, 9.17) is 9.47 Å². The largest absolute Gasteiger partial charge is 0.493 e. The topological polar surface area (TPSA) is 50.8 Å². The minimum absolute atomic E-state index is 0.154. The highest BCUT2D eigenvalue weighted by molar-refractivity contribution is 5.79. The Morgan fingerprint density at radius 3 is 2.60 bits per heavy atom. The van der Waals surface area contributed by atoms with Gasteiger partial charge in [0.1, 0.15) is 0 Å². The van der Waals surface area contributed by atoms with E-state index in [0.717, 1.165) is 62.4 Å². The van der Waals surface area contributed by atoms with Crippen LogP contribution in [0.5, 0.6) is 11.5 Å². The van der Waals surface area contributed by atoms with Crippen LogP contribution >= 0.6 is 0 Å². The molecule has 1 N–H and O–H groups in total. The Morgan fingerprint density at radius 2 is 1.96 bits per heavy atom. The molecule has 0 unspecified atom stereocenters. The highest BCUT2D eigenvalue weighted by Gasteiger charge is 2.25. The molecule has 1 aromatic rings. The molecule has 1 saturated heterocycles. The lowest BCUT2D eigenvalue weighted by Gasteiger charge is -2.29. The van der Waals surface area contributed by atoms with Crippen molar-refractivity contribution in [3.8, 4) is 11.5 Å². The van der Waals surface area contributed by atoms with E-state index in [-0.39, 0.29) is 11.8 Å². The smallest absolute Gasteiger partial charge is 0.226 e. The van der Waals surface area contributed by atoms with Crippen molar-refractivity contribution < 1.29 is 14.3 Å². The molecule has 5 nitrogen and oxygen atoms in total. The van der Waals surface area contributed by atoms with Gasteiger partial charge in [0.15, 0.2) is 11.5 Å². The molecule has 1 aliphatic rings. The van der Waals surface area contributed by atoms with Crippen molar-refractivity contribution in [3.63, 3.8) is 0 Å². The van der Waals surface area contributed by atoms with Crippen molar-refractivity contribution in [2.45, 2.75) is 46.1 Å². The van der Waals surface area contributed by atoms with E-state index in [9.17, 15) is 4.79 Å². The van der Waals surface area contributed by atoms with Crippen LogP contribution in [0.1, 0.15) is 45.1 Å². The van der Waals surface area contributed by atoms with Crippen LogP contribution in [0, 0.1) is 5.92 Å². The third-order valence-electron chi connectivity index (χ3n) is 4.56. The zero-order valence-corrected chi connectivity index (χ0v) is 15.8. The zero-order chi connectivity index (χ0) is 18.1. The summed E-state index contributed by atoms with van der Waals surface area (Å²) in [5.74, 6) is 1.94. The van der Waals surface area contributed by atoms with Crippen LogP contribution in [-0.4, -0.2) is 44.2 Å². The normalized spacial score (nSPS) is 15.0. The maximum Gasteiger partial charge on any atom is 0.226 e. The number of nitrogens with one attached hydrogen (secondary N) is 1. The maximum atomic E-state index is 12.9. The first-order chi connectivity index (χ1) is 12.2. The van der Waals surface area contributed by atoms with Gasteiger partial charge < -0.3 is 19.7 Å². The quantitative estimate of drug-likeness (QED) is 0.744. The zero-order valence-electron chi connectivity index (χ0n) is 15.8. The van der Waals surface area contributed by atoms with E-state index < -0.39 is 0 Å². The molecular weight excluding hydrogens is 316 g/mol. The number of carbonyl (C=O) groups excluding carboxylic acids is 1. The van der Waals surface area contributed by atoms with Crippen LogP contribution < -0.4 is 14.8 Å². The van der Waals surface area contributed by atoms with Gasteiger partial charge in [-0.3, -0.25) is 4.79 Å². The van der Waals surface area contributed by atoms with E-state index in [1.54, 1.807) is 7.11 Å². The summed E-state index contributed by atoms with van der Waals surface area (Å²) in [6, 6.07) is 5.97. The molecule has 140 valence electrons. The van der Waals surface area contributed by atoms with Crippen molar-refractivity contribution >= 4 is 5.91 Å². The fourth-order valence-corrected chi connectivity index (χ4v) is 3.23. The summed E-state index contributed by atoms with van der Waals surface area (Å²) in [5.41, 5.74) is 1.08. The van der Waals surface area contributed by atoms with E-state index in [1.165, 1.54) is 0 Å². The van der Waals surface area contributed by atoms with Crippen LogP contribution in [0.2, 0.25) is 0 Å². The lowest BCUT2D eigenvalue weighted by molar-refractivity contribution is -0.137. The van der Waals surface area contributed by atoms with Crippen LogP contribution in [0.15, 0.2) is 18.2 Å². The van der Waals surface area contributed by atoms with Crippen molar-refractivity contribution in [2.24, 2.45) is 5.92 Å². The first-order valence-corrected chi connectivity index (χ1v) is 9.48. The molecule has 1 amide bonds. The number of piperidine rings is 1. The minimum atomic E-state index is 0.154.